The maximum Gasteiger partial charge on any atom is 0.324 e. The molecule has 5 N–H and O–H groups in total. The van der Waals surface area contributed by atoms with Gasteiger partial charge in [0.05, 0.1) is 0 Å². The highest BCUT2D eigenvalue weighted by Gasteiger charge is 2.18. The normalized spacial score (nSPS) is 14.4. The molecule has 0 rings (SSSR count). The standard InChI is InChI=1S/C11H22N2O4/c1-7(2)3-8(5-12)4-10(14)17-6-9(13)11(15)16/h7-9H,3-6,12-13H2,1-2H3,(H,15,16)/t8-,9+/m0/s1. The van der Waals surface area contributed by atoms with Crippen molar-refractivity contribution in [3.8, 4) is 0 Å². The van der Waals surface area contributed by atoms with Gasteiger partial charge in [-0.15, -0.1) is 0 Å². The van der Waals surface area contributed by atoms with E-state index in [4.69, 9.17) is 21.3 Å². The Morgan fingerprint density at radius 1 is 1.35 bits per heavy atom. The number of esters is 1. The van der Waals surface area contributed by atoms with Gasteiger partial charge in [-0.25, -0.2) is 0 Å². The van der Waals surface area contributed by atoms with Crippen LogP contribution in [0.4, 0.5) is 0 Å². The van der Waals surface area contributed by atoms with Crippen molar-refractivity contribution in [2.24, 2.45) is 23.3 Å². The van der Waals surface area contributed by atoms with E-state index in [0.29, 0.717) is 12.5 Å². The van der Waals surface area contributed by atoms with Gasteiger partial charge in [0.25, 0.3) is 0 Å². The fourth-order valence-electron chi connectivity index (χ4n) is 1.48. The lowest BCUT2D eigenvalue weighted by Crippen LogP contribution is -2.36. The van der Waals surface area contributed by atoms with Gasteiger partial charge < -0.3 is 21.3 Å². The molecular weight excluding hydrogens is 224 g/mol. The molecule has 6 heteroatoms. The summed E-state index contributed by atoms with van der Waals surface area (Å²) in [6.45, 7) is 4.22. The van der Waals surface area contributed by atoms with Gasteiger partial charge in [-0.1, -0.05) is 13.8 Å². The van der Waals surface area contributed by atoms with Crippen LogP contribution < -0.4 is 11.5 Å². The molecule has 17 heavy (non-hydrogen) atoms. The Hall–Kier alpha value is -1.14. The number of carboxylic acid groups (broad SMARTS) is 1. The third kappa shape index (κ3) is 7.70. The molecule has 0 radical (unpaired) electrons. The maximum absolute atomic E-state index is 11.4. The predicted molar refractivity (Wildman–Crippen MR) is 63.2 cm³/mol. The molecular formula is C11H22N2O4. The van der Waals surface area contributed by atoms with Crippen LogP contribution in [-0.4, -0.2) is 36.2 Å². The zero-order chi connectivity index (χ0) is 13.4. The monoisotopic (exact) mass is 246 g/mol. The van der Waals surface area contributed by atoms with E-state index in [1.807, 2.05) is 13.8 Å². The molecule has 0 unspecified atom stereocenters. The summed E-state index contributed by atoms with van der Waals surface area (Å²) in [6.07, 6.45) is 1.05. The molecule has 100 valence electrons. The van der Waals surface area contributed by atoms with Gasteiger partial charge in [-0.05, 0) is 24.8 Å². The Kier molecular flexibility index (Phi) is 7.49. The Labute approximate surface area is 101 Å². The molecule has 0 amide bonds. The Morgan fingerprint density at radius 3 is 2.35 bits per heavy atom. The molecule has 0 aliphatic rings. The zero-order valence-electron chi connectivity index (χ0n) is 10.4. The first kappa shape index (κ1) is 15.9. The van der Waals surface area contributed by atoms with Gasteiger partial charge in [0.2, 0.25) is 0 Å². The zero-order valence-corrected chi connectivity index (χ0v) is 10.4. The minimum atomic E-state index is -1.18. The number of rotatable bonds is 8. The van der Waals surface area contributed by atoms with E-state index in [0.717, 1.165) is 6.42 Å². The van der Waals surface area contributed by atoms with Crippen LogP contribution in [0.1, 0.15) is 26.7 Å². The largest absolute Gasteiger partial charge is 0.480 e. The summed E-state index contributed by atoms with van der Waals surface area (Å²) in [4.78, 5) is 21.8. The highest BCUT2D eigenvalue weighted by Crippen LogP contribution is 2.14. The molecule has 0 saturated carbocycles. The van der Waals surface area contributed by atoms with Crippen molar-refractivity contribution in [1.29, 1.82) is 0 Å². The predicted octanol–water partition coefficient (Wildman–Crippen LogP) is -0.0474. The summed E-state index contributed by atoms with van der Waals surface area (Å²) < 4.78 is 4.78. The van der Waals surface area contributed by atoms with Gasteiger partial charge in [0, 0.05) is 6.42 Å². The van der Waals surface area contributed by atoms with Crippen LogP contribution in [0.3, 0.4) is 0 Å². The molecule has 0 saturated heterocycles. The van der Waals surface area contributed by atoms with E-state index >= 15 is 0 Å². The summed E-state index contributed by atoms with van der Waals surface area (Å²) in [5.74, 6) is -1.10. The lowest BCUT2D eigenvalue weighted by atomic mass is 9.94. The molecule has 0 aromatic rings. The molecule has 0 bridgehead atoms. The molecule has 0 spiro atoms. The average Bonchev–Trinajstić information content (AvgIpc) is 2.23. The van der Waals surface area contributed by atoms with Crippen molar-refractivity contribution in [1.82, 2.24) is 0 Å². The number of ether oxygens (including phenoxy) is 1. The van der Waals surface area contributed by atoms with E-state index < -0.39 is 18.0 Å². The molecule has 0 aliphatic carbocycles. The number of aliphatic carboxylic acids is 1. The van der Waals surface area contributed by atoms with Crippen LogP contribution in [0.5, 0.6) is 0 Å². The molecule has 2 atom stereocenters. The van der Waals surface area contributed by atoms with Crippen molar-refractivity contribution >= 4 is 11.9 Å². The van der Waals surface area contributed by atoms with E-state index in [2.05, 4.69) is 0 Å². The highest BCUT2D eigenvalue weighted by molar-refractivity contribution is 5.74. The van der Waals surface area contributed by atoms with E-state index in [1.165, 1.54) is 0 Å². The minimum absolute atomic E-state index is 0.0727. The minimum Gasteiger partial charge on any atom is -0.480 e. The number of carboxylic acids is 1. The number of carbonyl (C=O) groups is 2. The summed E-state index contributed by atoms with van der Waals surface area (Å²) in [5, 5.41) is 8.51. The lowest BCUT2D eigenvalue weighted by molar-refractivity contribution is -0.148. The average molecular weight is 246 g/mol. The maximum atomic E-state index is 11.4. The Bertz CT molecular complexity index is 256. The topological polar surface area (TPSA) is 116 Å². The SMILES string of the molecule is CC(C)C[C@H](CN)CC(=O)OC[C@@H](N)C(=O)O. The van der Waals surface area contributed by atoms with Gasteiger partial charge in [-0.3, -0.25) is 9.59 Å². The summed E-state index contributed by atoms with van der Waals surface area (Å²) in [5.41, 5.74) is 10.8. The fraction of sp³-hybridized carbons (Fsp3) is 0.818. The summed E-state index contributed by atoms with van der Waals surface area (Å²) >= 11 is 0. The molecule has 0 heterocycles. The second-order valence-electron chi connectivity index (χ2n) is 4.56. The van der Waals surface area contributed by atoms with Crippen molar-refractivity contribution in [3.63, 3.8) is 0 Å². The van der Waals surface area contributed by atoms with Crippen molar-refractivity contribution in [2.75, 3.05) is 13.2 Å². The van der Waals surface area contributed by atoms with Crippen molar-refractivity contribution < 1.29 is 19.4 Å². The Morgan fingerprint density at radius 2 is 1.94 bits per heavy atom. The first-order chi connectivity index (χ1) is 7.86. The third-order valence-electron chi connectivity index (χ3n) is 2.33. The molecule has 6 nitrogen and oxygen atoms in total. The van der Waals surface area contributed by atoms with Crippen LogP contribution in [-0.2, 0) is 14.3 Å². The smallest absolute Gasteiger partial charge is 0.324 e. The van der Waals surface area contributed by atoms with Crippen LogP contribution in [0.15, 0.2) is 0 Å². The fourth-order valence-corrected chi connectivity index (χ4v) is 1.48. The molecule has 0 aromatic heterocycles. The number of hydrogen-bond acceptors (Lipinski definition) is 5. The van der Waals surface area contributed by atoms with Crippen LogP contribution in [0.25, 0.3) is 0 Å². The van der Waals surface area contributed by atoms with Crippen LogP contribution >= 0.6 is 0 Å². The quantitative estimate of drug-likeness (QED) is 0.517. The molecule has 0 fully saturated rings. The second-order valence-corrected chi connectivity index (χ2v) is 4.56. The van der Waals surface area contributed by atoms with Crippen LogP contribution in [0.2, 0.25) is 0 Å². The molecule has 0 aliphatic heterocycles. The number of nitrogens with two attached hydrogens (primary N) is 2. The highest BCUT2D eigenvalue weighted by atomic mass is 16.5. The number of hydrogen-bond donors (Lipinski definition) is 3. The second kappa shape index (κ2) is 8.03. The van der Waals surface area contributed by atoms with E-state index in [9.17, 15) is 9.59 Å². The first-order valence-electron chi connectivity index (χ1n) is 5.70. The van der Waals surface area contributed by atoms with Crippen molar-refractivity contribution in [3.05, 3.63) is 0 Å². The van der Waals surface area contributed by atoms with Gasteiger partial charge in [-0.2, -0.15) is 0 Å². The summed E-state index contributed by atoms with van der Waals surface area (Å²) in [6, 6.07) is -1.17. The van der Waals surface area contributed by atoms with Gasteiger partial charge >= 0.3 is 11.9 Å². The lowest BCUT2D eigenvalue weighted by Gasteiger charge is -2.16. The molecule has 0 aromatic carbocycles. The first-order valence-corrected chi connectivity index (χ1v) is 5.70. The summed E-state index contributed by atoms with van der Waals surface area (Å²) in [7, 11) is 0. The van der Waals surface area contributed by atoms with E-state index in [1.54, 1.807) is 0 Å². The van der Waals surface area contributed by atoms with Crippen molar-refractivity contribution in [2.45, 2.75) is 32.7 Å². The number of carbonyl (C=O) groups excluding carboxylic acids is 1. The van der Waals surface area contributed by atoms with Gasteiger partial charge in [0.15, 0.2) is 0 Å². The Balaban J connectivity index is 3.94. The van der Waals surface area contributed by atoms with E-state index in [-0.39, 0.29) is 18.9 Å². The third-order valence-corrected chi connectivity index (χ3v) is 2.33. The van der Waals surface area contributed by atoms with Crippen LogP contribution in [0, 0.1) is 11.8 Å². The van der Waals surface area contributed by atoms with Gasteiger partial charge in [0.1, 0.15) is 12.6 Å².